The van der Waals surface area contributed by atoms with Crippen LogP contribution >= 0.6 is 0 Å². The van der Waals surface area contributed by atoms with E-state index in [0.29, 0.717) is 12.5 Å². The van der Waals surface area contributed by atoms with Crippen molar-refractivity contribution in [1.29, 1.82) is 0 Å². The first-order valence-electron chi connectivity index (χ1n) is 7.46. The van der Waals surface area contributed by atoms with Gasteiger partial charge in [0.05, 0.1) is 5.75 Å². The van der Waals surface area contributed by atoms with Crippen LogP contribution in [-0.4, -0.2) is 43.6 Å². The lowest BCUT2D eigenvalue weighted by molar-refractivity contribution is -0.128. The number of carbonyl (C=O) groups excluding carboxylic acids is 2. The average molecular weight is 315 g/mol. The summed E-state index contributed by atoms with van der Waals surface area (Å²) in [4.78, 5) is 25.4. The SMILES string of the molecule is NS(=O)(=O)CCC1NC(=O)N(CC2CCC3CC3C2)C1=O. The second-order valence-electron chi connectivity index (χ2n) is 6.54. The summed E-state index contributed by atoms with van der Waals surface area (Å²) >= 11 is 0. The number of nitrogens with two attached hydrogens (primary N) is 1. The number of sulfonamides is 1. The van der Waals surface area contributed by atoms with Crippen LogP contribution in [0.5, 0.6) is 0 Å². The minimum Gasteiger partial charge on any atom is -0.326 e. The maximum Gasteiger partial charge on any atom is 0.324 e. The van der Waals surface area contributed by atoms with Gasteiger partial charge in [0.15, 0.2) is 0 Å². The molecule has 1 aliphatic heterocycles. The third kappa shape index (κ3) is 3.37. The quantitative estimate of drug-likeness (QED) is 0.697. The van der Waals surface area contributed by atoms with Gasteiger partial charge in [-0.2, -0.15) is 0 Å². The van der Waals surface area contributed by atoms with Crippen LogP contribution in [0.15, 0.2) is 0 Å². The van der Waals surface area contributed by atoms with Crippen molar-refractivity contribution in [3.05, 3.63) is 0 Å². The molecule has 3 aliphatic rings. The van der Waals surface area contributed by atoms with E-state index in [2.05, 4.69) is 5.32 Å². The Morgan fingerprint density at radius 3 is 2.62 bits per heavy atom. The lowest BCUT2D eigenvalue weighted by Gasteiger charge is -2.24. The first kappa shape index (κ1) is 14.8. The van der Waals surface area contributed by atoms with Gasteiger partial charge in [-0.3, -0.25) is 9.69 Å². The number of fused-ring (bicyclic) bond motifs is 1. The summed E-state index contributed by atoms with van der Waals surface area (Å²) in [7, 11) is -3.62. The van der Waals surface area contributed by atoms with Crippen LogP contribution in [0.25, 0.3) is 0 Å². The van der Waals surface area contributed by atoms with Gasteiger partial charge in [0, 0.05) is 6.54 Å². The Morgan fingerprint density at radius 2 is 1.95 bits per heavy atom. The highest BCUT2D eigenvalue weighted by molar-refractivity contribution is 7.89. The van der Waals surface area contributed by atoms with E-state index in [1.54, 1.807) is 0 Å². The van der Waals surface area contributed by atoms with Crippen molar-refractivity contribution in [1.82, 2.24) is 10.2 Å². The van der Waals surface area contributed by atoms with Crippen molar-refractivity contribution in [3.63, 3.8) is 0 Å². The van der Waals surface area contributed by atoms with E-state index in [1.807, 2.05) is 0 Å². The fraction of sp³-hybridized carbons (Fsp3) is 0.846. The summed E-state index contributed by atoms with van der Waals surface area (Å²) in [6, 6.07) is -1.16. The molecule has 0 spiro atoms. The molecule has 0 aromatic carbocycles. The molecule has 21 heavy (non-hydrogen) atoms. The number of primary sulfonamides is 1. The van der Waals surface area contributed by atoms with Gasteiger partial charge in [-0.05, 0) is 49.9 Å². The number of imide groups is 1. The van der Waals surface area contributed by atoms with Gasteiger partial charge in [0.1, 0.15) is 6.04 Å². The molecule has 0 aromatic rings. The minimum absolute atomic E-state index is 0.0370. The van der Waals surface area contributed by atoms with Gasteiger partial charge >= 0.3 is 6.03 Å². The van der Waals surface area contributed by atoms with E-state index < -0.39 is 22.1 Å². The third-order valence-electron chi connectivity index (χ3n) is 4.89. The summed E-state index contributed by atoms with van der Waals surface area (Å²) in [5.41, 5.74) is 0. The van der Waals surface area contributed by atoms with E-state index in [-0.39, 0.29) is 18.1 Å². The molecule has 7 nitrogen and oxygen atoms in total. The predicted molar refractivity (Wildman–Crippen MR) is 75.6 cm³/mol. The fourth-order valence-corrected chi connectivity index (χ4v) is 4.16. The lowest BCUT2D eigenvalue weighted by atomic mass is 9.89. The van der Waals surface area contributed by atoms with Crippen molar-refractivity contribution >= 4 is 22.0 Å². The van der Waals surface area contributed by atoms with E-state index in [9.17, 15) is 18.0 Å². The molecule has 3 rings (SSSR count). The van der Waals surface area contributed by atoms with Crippen LogP contribution < -0.4 is 10.5 Å². The van der Waals surface area contributed by atoms with Crippen LogP contribution in [0, 0.1) is 17.8 Å². The molecule has 3 amide bonds. The van der Waals surface area contributed by atoms with Crippen LogP contribution in [0.1, 0.15) is 32.1 Å². The van der Waals surface area contributed by atoms with Crippen molar-refractivity contribution in [3.8, 4) is 0 Å². The number of hydrogen-bond donors (Lipinski definition) is 2. The molecule has 1 heterocycles. The third-order valence-corrected chi connectivity index (χ3v) is 5.69. The Morgan fingerprint density at radius 1 is 1.19 bits per heavy atom. The van der Waals surface area contributed by atoms with Crippen molar-refractivity contribution < 1.29 is 18.0 Å². The smallest absolute Gasteiger partial charge is 0.324 e. The highest BCUT2D eigenvalue weighted by Crippen LogP contribution is 2.51. The molecular weight excluding hydrogens is 294 g/mol. The number of carbonyl (C=O) groups is 2. The average Bonchev–Trinajstić information content (AvgIpc) is 3.11. The molecule has 2 aliphatic carbocycles. The number of amides is 3. The number of nitrogens with one attached hydrogen (secondary N) is 1. The molecule has 0 aromatic heterocycles. The molecular formula is C13H21N3O4S. The summed E-state index contributed by atoms with van der Waals surface area (Å²) < 4.78 is 21.9. The number of nitrogens with zero attached hydrogens (tertiary/aromatic N) is 1. The Balaban J connectivity index is 1.55. The maximum atomic E-state index is 12.2. The predicted octanol–water partition coefficient (Wildman–Crippen LogP) is 0.0216. The molecule has 4 unspecified atom stereocenters. The first-order valence-corrected chi connectivity index (χ1v) is 9.17. The standard InChI is InChI=1S/C13H21N3O4S/c14-21(19,20)4-3-11-12(17)16(13(18)15-11)7-8-1-2-9-6-10(9)5-8/h8-11H,1-7H2,(H,15,18)(H2,14,19,20). The molecule has 0 bridgehead atoms. The van der Waals surface area contributed by atoms with Gasteiger partial charge in [-0.25, -0.2) is 18.4 Å². The minimum atomic E-state index is -3.62. The van der Waals surface area contributed by atoms with E-state index in [0.717, 1.165) is 24.7 Å². The van der Waals surface area contributed by atoms with Crippen molar-refractivity contribution in [2.75, 3.05) is 12.3 Å². The molecule has 4 atom stereocenters. The van der Waals surface area contributed by atoms with Gasteiger partial charge in [-0.15, -0.1) is 0 Å². The van der Waals surface area contributed by atoms with Crippen LogP contribution in [0.3, 0.4) is 0 Å². The number of urea groups is 1. The lowest BCUT2D eigenvalue weighted by Crippen LogP contribution is -2.37. The van der Waals surface area contributed by atoms with Crippen LogP contribution in [-0.2, 0) is 14.8 Å². The summed E-state index contributed by atoms with van der Waals surface area (Å²) in [5, 5.41) is 7.49. The zero-order chi connectivity index (χ0) is 15.2. The summed E-state index contributed by atoms with van der Waals surface area (Å²) in [5.74, 6) is 1.45. The van der Waals surface area contributed by atoms with Gasteiger partial charge in [-0.1, -0.05) is 0 Å². The summed E-state index contributed by atoms with van der Waals surface area (Å²) in [6.45, 7) is 0.458. The second-order valence-corrected chi connectivity index (χ2v) is 8.28. The molecule has 0 radical (unpaired) electrons. The van der Waals surface area contributed by atoms with Crippen LogP contribution in [0.4, 0.5) is 4.79 Å². The number of hydrogen-bond acceptors (Lipinski definition) is 4. The highest BCUT2D eigenvalue weighted by Gasteiger charge is 2.44. The van der Waals surface area contributed by atoms with E-state index >= 15 is 0 Å². The molecule has 3 N–H and O–H groups in total. The monoisotopic (exact) mass is 315 g/mol. The zero-order valence-electron chi connectivity index (χ0n) is 11.8. The Bertz CT molecular complexity index is 562. The topological polar surface area (TPSA) is 110 Å². The van der Waals surface area contributed by atoms with Gasteiger partial charge in [0.2, 0.25) is 10.0 Å². The van der Waals surface area contributed by atoms with Gasteiger partial charge in [0.25, 0.3) is 5.91 Å². The molecule has 3 fully saturated rings. The largest absolute Gasteiger partial charge is 0.326 e. The molecule has 8 heteroatoms. The van der Waals surface area contributed by atoms with E-state index in [4.69, 9.17) is 5.14 Å². The molecule has 118 valence electrons. The number of rotatable bonds is 5. The zero-order valence-corrected chi connectivity index (χ0v) is 12.6. The Kier molecular flexibility index (Phi) is 3.69. The first-order chi connectivity index (χ1) is 9.83. The normalized spacial score (nSPS) is 35.6. The molecule has 2 saturated carbocycles. The fourth-order valence-electron chi connectivity index (χ4n) is 3.60. The van der Waals surface area contributed by atoms with Gasteiger partial charge < -0.3 is 5.32 Å². The second kappa shape index (κ2) is 5.24. The van der Waals surface area contributed by atoms with E-state index in [1.165, 1.54) is 17.7 Å². The van der Waals surface area contributed by atoms with Crippen molar-refractivity contribution in [2.45, 2.75) is 38.1 Å². The Hall–Kier alpha value is -1.15. The summed E-state index contributed by atoms with van der Waals surface area (Å²) in [6.07, 6.45) is 4.71. The van der Waals surface area contributed by atoms with Crippen LogP contribution in [0.2, 0.25) is 0 Å². The highest BCUT2D eigenvalue weighted by atomic mass is 32.2. The van der Waals surface area contributed by atoms with Crippen molar-refractivity contribution in [2.24, 2.45) is 22.9 Å². The molecule has 1 saturated heterocycles. The maximum absolute atomic E-state index is 12.2. The Labute approximate surface area is 124 Å².